The summed E-state index contributed by atoms with van der Waals surface area (Å²) in [6.07, 6.45) is 2.98. The summed E-state index contributed by atoms with van der Waals surface area (Å²) in [5, 5.41) is 0. The molecule has 3 aliphatic rings. The van der Waals surface area contributed by atoms with E-state index < -0.39 is 0 Å². The molecule has 152 valence electrons. The third-order valence-corrected chi connectivity index (χ3v) is 6.99. The third-order valence-electron chi connectivity index (χ3n) is 6.10. The highest BCUT2D eigenvalue weighted by molar-refractivity contribution is 9.10. The van der Waals surface area contributed by atoms with Crippen LogP contribution in [0.1, 0.15) is 24.8 Å². The van der Waals surface area contributed by atoms with Gasteiger partial charge in [0.1, 0.15) is 0 Å². The van der Waals surface area contributed by atoms with E-state index >= 15 is 0 Å². The van der Waals surface area contributed by atoms with Gasteiger partial charge in [0.05, 0.1) is 12.0 Å². The summed E-state index contributed by atoms with van der Waals surface area (Å²) >= 11 is 3.50. The standard InChI is InChI=1S/C21H28BrN3O3/c1-15-11-17(4-5-19(15)22)25-13-16(12-20(25)26)21(27)24-8-6-23(7-9-24)14-18-3-2-10-28-18/h4-5,11,16,18H,2-3,6-10,12-14H2,1H3. The third kappa shape index (κ3) is 4.26. The molecule has 3 fully saturated rings. The number of ether oxygens (including phenoxy) is 1. The van der Waals surface area contributed by atoms with E-state index in [1.165, 1.54) is 0 Å². The van der Waals surface area contributed by atoms with Crippen LogP contribution in [0.4, 0.5) is 5.69 Å². The van der Waals surface area contributed by atoms with Gasteiger partial charge in [-0.2, -0.15) is 0 Å². The average molecular weight is 450 g/mol. The minimum Gasteiger partial charge on any atom is -0.377 e. The van der Waals surface area contributed by atoms with Gasteiger partial charge >= 0.3 is 0 Å². The number of aryl methyl sites for hydroxylation is 1. The number of carbonyl (C=O) groups excluding carboxylic acids is 2. The SMILES string of the molecule is Cc1cc(N2CC(C(=O)N3CCN(CC4CCCO4)CC3)CC2=O)ccc1Br. The summed E-state index contributed by atoms with van der Waals surface area (Å²) in [5.41, 5.74) is 1.96. The molecule has 7 heteroatoms. The topological polar surface area (TPSA) is 53.1 Å². The number of nitrogens with zero attached hydrogens (tertiary/aromatic N) is 3. The van der Waals surface area contributed by atoms with Crippen molar-refractivity contribution in [2.24, 2.45) is 5.92 Å². The van der Waals surface area contributed by atoms with E-state index in [1.807, 2.05) is 30.0 Å². The first kappa shape index (κ1) is 19.9. The van der Waals surface area contributed by atoms with E-state index in [0.717, 1.165) is 67.9 Å². The van der Waals surface area contributed by atoms with E-state index in [-0.39, 0.29) is 17.7 Å². The highest BCUT2D eigenvalue weighted by Crippen LogP contribution is 2.29. The summed E-state index contributed by atoms with van der Waals surface area (Å²) < 4.78 is 6.75. The van der Waals surface area contributed by atoms with Crippen molar-refractivity contribution in [2.75, 3.05) is 50.8 Å². The smallest absolute Gasteiger partial charge is 0.228 e. The van der Waals surface area contributed by atoms with Gasteiger partial charge in [-0.3, -0.25) is 14.5 Å². The predicted molar refractivity (Wildman–Crippen MR) is 111 cm³/mol. The Bertz CT molecular complexity index is 742. The van der Waals surface area contributed by atoms with Crippen molar-refractivity contribution in [1.29, 1.82) is 0 Å². The first-order valence-electron chi connectivity index (χ1n) is 10.2. The van der Waals surface area contributed by atoms with E-state index in [0.29, 0.717) is 19.1 Å². The fourth-order valence-corrected chi connectivity index (χ4v) is 4.65. The molecular formula is C21H28BrN3O3. The molecule has 6 nitrogen and oxygen atoms in total. The van der Waals surface area contributed by atoms with Crippen molar-refractivity contribution in [3.8, 4) is 0 Å². The zero-order valence-electron chi connectivity index (χ0n) is 16.4. The fraction of sp³-hybridized carbons (Fsp3) is 0.619. The van der Waals surface area contributed by atoms with Gasteiger partial charge in [0.25, 0.3) is 0 Å². The molecule has 4 rings (SSSR count). The molecule has 0 radical (unpaired) electrons. The molecular weight excluding hydrogens is 422 g/mol. The lowest BCUT2D eigenvalue weighted by atomic mass is 10.1. The maximum absolute atomic E-state index is 13.0. The minimum absolute atomic E-state index is 0.0390. The minimum atomic E-state index is -0.235. The Morgan fingerprint density at radius 1 is 1.25 bits per heavy atom. The highest BCUT2D eigenvalue weighted by atomic mass is 79.9. The summed E-state index contributed by atoms with van der Waals surface area (Å²) in [6, 6.07) is 5.89. The number of hydrogen-bond acceptors (Lipinski definition) is 4. The van der Waals surface area contributed by atoms with Crippen LogP contribution >= 0.6 is 15.9 Å². The van der Waals surface area contributed by atoms with Crippen LogP contribution in [0.5, 0.6) is 0 Å². The number of piperazine rings is 1. The molecule has 3 aliphatic heterocycles. The van der Waals surface area contributed by atoms with Gasteiger partial charge in [-0.1, -0.05) is 15.9 Å². The van der Waals surface area contributed by atoms with Crippen LogP contribution in [-0.2, 0) is 14.3 Å². The first-order valence-corrected chi connectivity index (χ1v) is 11.0. The second-order valence-corrected chi connectivity index (χ2v) is 8.95. The normalized spacial score (nSPS) is 26.3. The summed E-state index contributed by atoms with van der Waals surface area (Å²) in [4.78, 5) is 31.6. The average Bonchev–Trinajstić information content (AvgIpc) is 3.34. The number of amides is 2. The molecule has 2 atom stereocenters. The van der Waals surface area contributed by atoms with E-state index in [1.54, 1.807) is 4.90 Å². The quantitative estimate of drug-likeness (QED) is 0.708. The second kappa shape index (κ2) is 8.51. The van der Waals surface area contributed by atoms with Gasteiger partial charge in [-0.25, -0.2) is 0 Å². The van der Waals surface area contributed by atoms with Gasteiger partial charge in [-0.05, 0) is 43.5 Å². The number of anilines is 1. The Morgan fingerprint density at radius 3 is 2.71 bits per heavy atom. The van der Waals surface area contributed by atoms with Crippen LogP contribution in [0.25, 0.3) is 0 Å². The van der Waals surface area contributed by atoms with Crippen LogP contribution in [0.15, 0.2) is 22.7 Å². The maximum Gasteiger partial charge on any atom is 0.228 e. The van der Waals surface area contributed by atoms with Crippen molar-refractivity contribution < 1.29 is 14.3 Å². The first-order chi connectivity index (χ1) is 13.5. The van der Waals surface area contributed by atoms with Crippen LogP contribution < -0.4 is 4.90 Å². The van der Waals surface area contributed by atoms with E-state index in [2.05, 4.69) is 20.8 Å². The molecule has 2 unspecified atom stereocenters. The Hall–Kier alpha value is -1.44. The van der Waals surface area contributed by atoms with Crippen molar-refractivity contribution in [3.63, 3.8) is 0 Å². The summed E-state index contributed by atoms with van der Waals surface area (Å²) in [5.74, 6) is -0.0697. The lowest BCUT2D eigenvalue weighted by molar-refractivity contribution is -0.137. The van der Waals surface area contributed by atoms with Crippen LogP contribution in [0, 0.1) is 12.8 Å². The molecule has 3 heterocycles. The lowest BCUT2D eigenvalue weighted by Gasteiger charge is -2.36. The Morgan fingerprint density at radius 2 is 2.04 bits per heavy atom. The zero-order chi connectivity index (χ0) is 19.7. The van der Waals surface area contributed by atoms with Crippen LogP contribution in [0.3, 0.4) is 0 Å². The molecule has 0 aliphatic carbocycles. The molecule has 1 aromatic rings. The number of benzene rings is 1. The van der Waals surface area contributed by atoms with E-state index in [9.17, 15) is 9.59 Å². The molecule has 0 aromatic heterocycles. The Labute approximate surface area is 174 Å². The van der Waals surface area contributed by atoms with Crippen LogP contribution in [0.2, 0.25) is 0 Å². The number of hydrogen-bond donors (Lipinski definition) is 0. The molecule has 3 saturated heterocycles. The van der Waals surface area contributed by atoms with Crippen molar-refractivity contribution in [2.45, 2.75) is 32.3 Å². The maximum atomic E-state index is 13.0. The Kier molecular flexibility index (Phi) is 6.04. The molecule has 0 bridgehead atoms. The van der Waals surface area contributed by atoms with Gasteiger partial charge in [0.2, 0.25) is 11.8 Å². The van der Waals surface area contributed by atoms with Crippen molar-refractivity contribution in [1.82, 2.24) is 9.80 Å². The predicted octanol–water partition coefficient (Wildman–Crippen LogP) is 2.43. The van der Waals surface area contributed by atoms with E-state index in [4.69, 9.17) is 4.74 Å². The second-order valence-electron chi connectivity index (χ2n) is 8.10. The summed E-state index contributed by atoms with van der Waals surface area (Å²) in [6.45, 7) is 7.61. The number of halogens is 1. The number of carbonyl (C=O) groups is 2. The zero-order valence-corrected chi connectivity index (χ0v) is 18.0. The van der Waals surface area contributed by atoms with Crippen LogP contribution in [-0.4, -0.2) is 73.6 Å². The van der Waals surface area contributed by atoms with Gasteiger partial charge in [0.15, 0.2) is 0 Å². The molecule has 0 spiro atoms. The highest BCUT2D eigenvalue weighted by Gasteiger charge is 2.38. The Balaban J connectivity index is 1.31. The molecule has 1 aromatic carbocycles. The molecule has 0 N–H and O–H groups in total. The lowest BCUT2D eigenvalue weighted by Crippen LogP contribution is -2.52. The van der Waals surface area contributed by atoms with Crippen molar-refractivity contribution in [3.05, 3.63) is 28.2 Å². The largest absolute Gasteiger partial charge is 0.377 e. The number of rotatable bonds is 4. The van der Waals surface area contributed by atoms with Gasteiger partial charge in [0, 0.05) is 62.5 Å². The van der Waals surface area contributed by atoms with Gasteiger partial charge < -0.3 is 14.5 Å². The molecule has 28 heavy (non-hydrogen) atoms. The molecule has 0 saturated carbocycles. The summed E-state index contributed by atoms with van der Waals surface area (Å²) in [7, 11) is 0. The molecule has 2 amide bonds. The van der Waals surface area contributed by atoms with Crippen molar-refractivity contribution >= 4 is 33.4 Å². The monoisotopic (exact) mass is 449 g/mol. The van der Waals surface area contributed by atoms with Gasteiger partial charge in [-0.15, -0.1) is 0 Å². The fourth-order valence-electron chi connectivity index (χ4n) is 4.40.